The Hall–Kier alpha value is -2.37. The predicted octanol–water partition coefficient (Wildman–Crippen LogP) is 3.49. The number of carbonyl (C=O) groups excluding carboxylic acids is 1. The topological polar surface area (TPSA) is 69.8 Å². The Morgan fingerprint density at radius 3 is 2.60 bits per heavy atom. The summed E-state index contributed by atoms with van der Waals surface area (Å²) < 4.78 is 13.0. The molecule has 0 unspecified atom stereocenters. The smallest absolute Gasteiger partial charge is 0.308 e. The molecule has 6 heteroatoms. The Balaban J connectivity index is 2.00. The van der Waals surface area contributed by atoms with E-state index in [9.17, 15) is 9.18 Å². The Morgan fingerprint density at radius 2 is 2.00 bits per heavy atom. The zero-order valence-corrected chi connectivity index (χ0v) is 11.6. The quantitative estimate of drug-likeness (QED) is 0.785. The number of aromatic amines is 1. The van der Waals surface area contributed by atoms with Crippen LogP contribution in [0.1, 0.15) is 26.5 Å². The summed E-state index contributed by atoms with van der Waals surface area (Å²) in [6.45, 7) is 6.12. The van der Waals surface area contributed by atoms with Crippen LogP contribution >= 0.6 is 0 Å². The third kappa shape index (κ3) is 3.57. The molecule has 0 bridgehead atoms. The first-order chi connectivity index (χ1) is 9.34. The minimum absolute atomic E-state index is 0.0774. The molecule has 3 N–H and O–H groups in total. The summed E-state index contributed by atoms with van der Waals surface area (Å²) in [7, 11) is 0. The van der Waals surface area contributed by atoms with E-state index in [1.807, 2.05) is 20.8 Å². The molecular weight excluding hydrogens is 259 g/mol. The Labute approximate surface area is 116 Å². The summed E-state index contributed by atoms with van der Waals surface area (Å²) in [6, 6.07) is 6.98. The molecule has 0 atom stereocenters. The van der Waals surface area contributed by atoms with E-state index in [2.05, 4.69) is 20.8 Å². The number of rotatable bonds is 2. The monoisotopic (exact) mass is 276 g/mol. The molecule has 2 amide bonds. The Bertz CT molecular complexity index is 616. The number of nitrogens with one attached hydrogen (secondary N) is 3. The number of H-pyrrole nitrogens is 1. The van der Waals surface area contributed by atoms with E-state index >= 15 is 0 Å². The van der Waals surface area contributed by atoms with E-state index in [-0.39, 0.29) is 5.41 Å². The minimum Gasteiger partial charge on any atom is -0.308 e. The highest BCUT2D eigenvalue weighted by Gasteiger charge is 2.17. The summed E-state index contributed by atoms with van der Waals surface area (Å²) in [5.41, 5.74) is 1.22. The van der Waals surface area contributed by atoms with Crippen LogP contribution in [0.3, 0.4) is 0 Å². The Morgan fingerprint density at radius 1 is 1.25 bits per heavy atom. The van der Waals surface area contributed by atoms with Crippen molar-refractivity contribution >= 4 is 17.5 Å². The van der Waals surface area contributed by atoms with Crippen molar-refractivity contribution in [3.63, 3.8) is 0 Å². The van der Waals surface area contributed by atoms with Crippen LogP contribution in [0.5, 0.6) is 0 Å². The molecule has 1 heterocycles. The maximum absolute atomic E-state index is 13.0. The van der Waals surface area contributed by atoms with Gasteiger partial charge in [0.1, 0.15) is 5.82 Å². The maximum atomic E-state index is 13.0. The number of hydrogen-bond acceptors (Lipinski definition) is 2. The minimum atomic E-state index is -0.470. The van der Waals surface area contributed by atoms with Gasteiger partial charge in [0, 0.05) is 22.9 Å². The molecule has 0 spiro atoms. The lowest BCUT2D eigenvalue weighted by atomic mass is 9.92. The number of urea groups is 1. The van der Waals surface area contributed by atoms with Crippen molar-refractivity contribution in [2.45, 2.75) is 26.2 Å². The lowest BCUT2D eigenvalue weighted by molar-refractivity contribution is 0.262. The molecule has 0 saturated carbocycles. The van der Waals surface area contributed by atoms with Crippen LogP contribution in [0.25, 0.3) is 0 Å². The summed E-state index contributed by atoms with van der Waals surface area (Å²) in [4.78, 5) is 11.8. The molecule has 0 aliphatic heterocycles. The van der Waals surface area contributed by atoms with Gasteiger partial charge >= 0.3 is 6.03 Å². The van der Waals surface area contributed by atoms with Gasteiger partial charge in [0.05, 0.1) is 0 Å². The number of anilines is 2. The van der Waals surface area contributed by atoms with Crippen LogP contribution in [0, 0.1) is 5.82 Å². The first kappa shape index (κ1) is 14.0. The second kappa shape index (κ2) is 5.32. The normalized spacial score (nSPS) is 11.2. The standard InChI is InChI=1S/C14H17FN4O/c1-14(2,3)11-8-12(19-18-11)17-13(20)16-10-6-4-5-9(15)7-10/h4-8H,1-3H3,(H3,16,17,18,19,20). The average molecular weight is 276 g/mol. The van der Waals surface area contributed by atoms with E-state index in [1.165, 1.54) is 18.2 Å². The third-order valence-corrected chi connectivity index (χ3v) is 2.71. The molecule has 20 heavy (non-hydrogen) atoms. The molecule has 0 aliphatic rings. The van der Waals surface area contributed by atoms with Gasteiger partial charge in [0.2, 0.25) is 0 Å². The molecule has 0 radical (unpaired) electrons. The Kier molecular flexibility index (Phi) is 3.74. The fourth-order valence-electron chi connectivity index (χ4n) is 1.61. The van der Waals surface area contributed by atoms with Crippen LogP contribution in [-0.4, -0.2) is 16.2 Å². The lowest BCUT2D eigenvalue weighted by Gasteiger charge is -2.14. The molecule has 2 rings (SSSR count). The number of amides is 2. The van der Waals surface area contributed by atoms with Gasteiger partial charge in [-0.2, -0.15) is 5.10 Å². The molecule has 0 saturated heterocycles. The lowest BCUT2D eigenvalue weighted by Crippen LogP contribution is -2.19. The van der Waals surface area contributed by atoms with Gasteiger partial charge in [-0.25, -0.2) is 9.18 Å². The number of benzene rings is 1. The van der Waals surface area contributed by atoms with Gasteiger partial charge < -0.3 is 5.32 Å². The van der Waals surface area contributed by atoms with Crippen molar-refractivity contribution in [3.8, 4) is 0 Å². The average Bonchev–Trinajstić information content (AvgIpc) is 2.76. The van der Waals surface area contributed by atoms with Crippen molar-refractivity contribution in [2.75, 3.05) is 10.6 Å². The molecule has 1 aromatic carbocycles. The molecule has 0 aliphatic carbocycles. The highest BCUT2D eigenvalue weighted by Crippen LogP contribution is 2.22. The van der Waals surface area contributed by atoms with Crippen molar-refractivity contribution < 1.29 is 9.18 Å². The fourth-order valence-corrected chi connectivity index (χ4v) is 1.61. The molecule has 2 aromatic rings. The maximum Gasteiger partial charge on any atom is 0.324 e. The summed E-state index contributed by atoms with van der Waals surface area (Å²) in [6.07, 6.45) is 0. The van der Waals surface area contributed by atoms with E-state index in [4.69, 9.17) is 0 Å². The van der Waals surface area contributed by atoms with Crippen molar-refractivity contribution in [2.24, 2.45) is 0 Å². The van der Waals surface area contributed by atoms with Crippen molar-refractivity contribution in [1.29, 1.82) is 0 Å². The summed E-state index contributed by atoms with van der Waals surface area (Å²) >= 11 is 0. The molecular formula is C14H17FN4O. The van der Waals surface area contributed by atoms with Gasteiger partial charge in [0.15, 0.2) is 5.82 Å². The molecule has 5 nitrogen and oxygen atoms in total. The second-order valence-electron chi connectivity index (χ2n) is 5.51. The number of hydrogen-bond donors (Lipinski definition) is 3. The largest absolute Gasteiger partial charge is 0.324 e. The number of carbonyl (C=O) groups is 1. The zero-order valence-electron chi connectivity index (χ0n) is 11.6. The third-order valence-electron chi connectivity index (χ3n) is 2.71. The van der Waals surface area contributed by atoms with Gasteiger partial charge in [-0.05, 0) is 18.2 Å². The van der Waals surface area contributed by atoms with Crippen LogP contribution in [-0.2, 0) is 5.41 Å². The SMILES string of the molecule is CC(C)(C)c1cc(NC(=O)Nc2cccc(F)c2)n[nH]1. The van der Waals surface area contributed by atoms with Gasteiger partial charge in [-0.1, -0.05) is 26.8 Å². The molecule has 0 fully saturated rings. The highest BCUT2D eigenvalue weighted by molar-refractivity contribution is 5.99. The van der Waals surface area contributed by atoms with Gasteiger partial charge in [0.25, 0.3) is 0 Å². The van der Waals surface area contributed by atoms with Crippen LogP contribution in [0.15, 0.2) is 30.3 Å². The molecule has 1 aromatic heterocycles. The van der Waals surface area contributed by atoms with E-state index in [1.54, 1.807) is 12.1 Å². The highest BCUT2D eigenvalue weighted by atomic mass is 19.1. The second-order valence-corrected chi connectivity index (χ2v) is 5.51. The van der Waals surface area contributed by atoms with E-state index in [0.29, 0.717) is 11.5 Å². The fraction of sp³-hybridized carbons (Fsp3) is 0.286. The van der Waals surface area contributed by atoms with Gasteiger partial charge in [-0.3, -0.25) is 10.4 Å². The summed E-state index contributed by atoms with van der Waals surface area (Å²) in [5.74, 6) is 0.0152. The number of aromatic nitrogens is 2. The summed E-state index contributed by atoms with van der Waals surface area (Å²) in [5, 5.41) is 12.0. The number of nitrogens with zero attached hydrogens (tertiary/aromatic N) is 1. The molecule has 106 valence electrons. The van der Waals surface area contributed by atoms with Gasteiger partial charge in [-0.15, -0.1) is 0 Å². The first-order valence-electron chi connectivity index (χ1n) is 6.24. The number of halogens is 1. The zero-order chi connectivity index (χ0) is 14.8. The van der Waals surface area contributed by atoms with Crippen LogP contribution < -0.4 is 10.6 Å². The first-order valence-corrected chi connectivity index (χ1v) is 6.24. The van der Waals surface area contributed by atoms with E-state index in [0.717, 1.165) is 5.69 Å². The van der Waals surface area contributed by atoms with Crippen LogP contribution in [0.2, 0.25) is 0 Å². The van der Waals surface area contributed by atoms with Crippen LogP contribution in [0.4, 0.5) is 20.7 Å². The van der Waals surface area contributed by atoms with Crippen molar-refractivity contribution in [3.05, 3.63) is 41.8 Å². The van der Waals surface area contributed by atoms with Crippen molar-refractivity contribution in [1.82, 2.24) is 10.2 Å². The predicted molar refractivity (Wildman–Crippen MR) is 76.3 cm³/mol. The van der Waals surface area contributed by atoms with E-state index < -0.39 is 11.8 Å².